The molecular weight excluding hydrogens is 289 g/mol. The highest BCUT2D eigenvalue weighted by Crippen LogP contribution is 2.55. The van der Waals surface area contributed by atoms with Crippen LogP contribution in [0.5, 0.6) is 0 Å². The van der Waals surface area contributed by atoms with Gasteiger partial charge in [0.1, 0.15) is 5.82 Å². The molecule has 1 atom stereocenters. The number of hydrogen-bond acceptors (Lipinski definition) is 2. The van der Waals surface area contributed by atoms with Crippen molar-refractivity contribution >= 4 is 15.7 Å². The summed E-state index contributed by atoms with van der Waals surface area (Å²) in [4.78, 5) is 0. The molecular formula is C16H22FNO2S. The van der Waals surface area contributed by atoms with Gasteiger partial charge >= 0.3 is 0 Å². The zero-order chi connectivity index (χ0) is 15.1. The van der Waals surface area contributed by atoms with E-state index in [4.69, 9.17) is 0 Å². The molecule has 0 aliphatic heterocycles. The van der Waals surface area contributed by atoms with Crippen LogP contribution in [0.25, 0.3) is 0 Å². The third-order valence-corrected chi connectivity index (χ3v) is 7.34. The highest BCUT2D eigenvalue weighted by Gasteiger charge is 2.53. The highest BCUT2D eigenvalue weighted by molar-refractivity contribution is 7.93. The average molecular weight is 311 g/mol. The Hall–Kier alpha value is -1.10. The van der Waals surface area contributed by atoms with Crippen LogP contribution in [-0.4, -0.2) is 13.7 Å². The maximum Gasteiger partial charge on any atom is 0.236 e. The number of hydrogen-bond donors (Lipinski definition) is 1. The number of sulfonamides is 1. The van der Waals surface area contributed by atoms with Crippen molar-refractivity contribution in [3.8, 4) is 0 Å². The molecule has 3 rings (SSSR count). The Morgan fingerprint density at radius 3 is 2.19 bits per heavy atom. The average Bonchev–Trinajstić information content (AvgIpc) is 2.40. The van der Waals surface area contributed by atoms with Gasteiger partial charge in [-0.25, -0.2) is 12.8 Å². The topological polar surface area (TPSA) is 46.2 Å². The lowest BCUT2D eigenvalue weighted by molar-refractivity contribution is 0.0648. The van der Waals surface area contributed by atoms with Crippen molar-refractivity contribution < 1.29 is 12.8 Å². The molecule has 1 N–H and O–H groups in total. The summed E-state index contributed by atoms with van der Waals surface area (Å²) in [7, 11) is -3.39. The zero-order valence-corrected chi connectivity index (χ0v) is 13.1. The first kappa shape index (κ1) is 14.8. The molecule has 0 bridgehead atoms. The molecule has 5 heteroatoms. The van der Waals surface area contributed by atoms with E-state index in [1.165, 1.54) is 24.3 Å². The second-order valence-corrected chi connectivity index (χ2v) is 8.59. The van der Waals surface area contributed by atoms with E-state index in [9.17, 15) is 12.8 Å². The molecule has 1 aromatic rings. The lowest BCUT2D eigenvalue weighted by Crippen LogP contribution is -2.52. The van der Waals surface area contributed by atoms with E-state index >= 15 is 0 Å². The first-order valence-electron chi connectivity index (χ1n) is 7.68. The van der Waals surface area contributed by atoms with Crippen molar-refractivity contribution in [1.82, 2.24) is 0 Å². The maximum absolute atomic E-state index is 12.9. The summed E-state index contributed by atoms with van der Waals surface area (Å²) in [6, 6.07) is 5.50. The molecule has 1 unspecified atom stereocenters. The fraction of sp³-hybridized carbons (Fsp3) is 0.625. The molecule has 2 aliphatic carbocycles. The van der Waals surface area contributed by atoms with Crippen LogP contribution in [0.2, 0.25) is 0 Å². The summed E-state index contributed by atoms with van der Waals surface area (Å²) < 4.78 is 40.8. The highest BCUT2D eigenvalue weighted by atomic mass is 32.2. The molecule has 0 heterocycles. The normalized spacial score (nSPS) is 32.7. The van der Waals surface area contributed by atoms with E-state index in [0.717, 1.165) is 38.5 Å². The van der Waals surface area contributed by atoms with Crippen molar-refractivity contribution in [3.05, 3.63) is 30.1 Å². The Balaban J connectivity index is 1.74. The molecule has 2 saturated carbocycles. The number of benzene rings is 1. The standard InChI is InChI=1S/C16H22FNO2S/c1-12-6-9-16(10-7-12)11-8-15(16)21(19,20)18-14-4-2-13(17)3-5-14/h2-5,12,15,18H,6-11H2,1H3. The summed E-state index contributed by atoms with van der Waals surface area (Å²) in [6.07, 6.45) is 6.05. The maximum atomic E-state index is 12.9. The lowest BCUT2D eigenvalue weighted by Gasteiger charge is -2.52. The van der Waals surface area contributed by atoms with E-state index in [1.807, 2.05) is 0 Å². The Morgan fingerprint density at radius 1 is 1.10 bits per heavy atom. The Morgan fingerprint density at radius 2 is 1.67 bits per heavy atom. The number of nitrogens with one attached hydrogen (secondary N) is 1. The minimum absolute atomic E-state index is 0.0155. The number of anilines is 1. The third-order valence-electron chi connectivity index (χ3n) is 5.34. The van der Waals surface area contributed by atoms with Crippen LogP contribution in [-0.2, 0) is 10.0 Å². The van der Waals surface area contributed by atoms with Crippen molar-refractivity contribution in [2.24, 2.45) is 11.3 Å². The van der Waals surface area contributed by atoms with Gasteiger partial charge in [-0.15, -0.1) is 0 Å². The quantitative estimate of drug-likeness (QED) is 0.919. The van der Waals surface area contributed by atoms with Gasteiger partial charge in [0.15, 0.2) is 0 Å². The van der Waals surface area contributed by atoms with Crippen LogP contribution >= 0.6 is 0 Å². The fourth-order valence-electron chi connectivity index (χ4n) is 3.82. The van der Waals surface area contributed by atoms with Crippen molar-refractivity contribution in [2.75, 3.05) is 4.72 Å². The summed E-state index contributed by atoms with van der Waals surface area (Å²) in [5.41, 5.74) is 0.431. The van der Waals surface area contributed by atoms with Crippen molar-refractivity contribution in [2.45, 2.75) is 50.7 Å². The van der Waals surface area contributed by atoms with Crippen LogP contribution in [0.1, 0.15) is 45.4 Å². The van der Waals surface area contributed by atoms with Gasteiger partial charge in [0, 0.05) is 5.69 Å². The summed E-state index contributed by atoms with van der Waals surface area (Å²) >= 11 is 0. The van der Waals surface area contributed by atoms with Gasteiger partial charge in [-0.3, -0.25) is 4.72 Å². The van der Waals surface area contributed by atoms with Gasteiger partial charge in [-0.05, 0) is 61.3 Å². The van der Waals surface area contributed by atoms with E-state index in [-0.39, 0.29) is 16.5 Å². The Kier molecular flexibility index (Phi) is 3.72. The molecule has 1 spiro atoms. The zero-order valence-electron chi connectivity index (χ0n) is 12.3. The van der Waals surface area contributed by atoms with Crippen LogP contribution in [0.15, 0.2) is 24.3 Å². The van der Waals surface area contributed by atoms with Gasteiger partial charge in [-0.2, -0.15) is 0 Å². The molecule has 21 heavy (non-hydrogen) atoms. The SMILES string of the molecule is CC1CCC2(CC1)CCC2S(=O)(=O)Nc1ccc(F)cc1. The predicted octanol–water partition coefficient (Wildman–Crippen LogP) is 3.93. The molecule has 2 fully saturated rings. The number of halogens is 1. The molecule has 116 valence electrons. The Bertz CT molecular complexity index is 604. The first-order valence-corrected chi connectivity index (χ1v) is 9.23. The van der Waals surface area contributed by atoms with Crippen LogP contribution < -0.4 is 4.72 Å². The molecule has 1 aromatic carbocycles. The third kappa shape index (κ3) is 2.80. The number of rotatable bonds is 3. The van der Waals surface area contributed by atoms with E-state index < -0.39 is 10.0 Å². The van der Waals surface area contributed by atoms with Gasteiger partial charge in [0.25, 0.3) is 0 Å². The van der Waals surface area contributed by atoms with E-state index in [2.05, 4.69) is 11.6 Å². The summed E-state index contributed by atoms with van der Waals surface area (Å²) in [5, 5.41) is -0.289. The van der Waals surface area contributed by atoms with Crippen LogP contribution in [0.4, 0.5) is 10.1 Å². The van der Waals surface area contributed by atoms with E-state index in [1.54, 1.807) is 0 Å². The second kappa shape index (κ2) is 5.27. The van der Waals surface area contributed by atoms with Crippen LogP contribution in [0.3, 0.4) is 0 Å². The largest absolute Gasteiger partial charge is 0.283 e. The Labute approximate surface area is 126 Å². The van der Waals surface area contributed by atoms with Crippen molar-refractivity contribution in [1.29, 1.82) is 0 Å². The van der Waals surface area contributed by atoms with Gasteiger partial charge in [0.2, 0.25) is 10.0 Å². The molecule has 2 aliphatic rings. The lowest BCUT2D eigenvalue weighted by atomic mass is 9.59. The van der Waals surface area contributed by atoms with Gasteiger partial charge < -0.3 is 0 Å². The smallest absolute Gasteiger partial charge is 0.236 e. The minimum Gasteiger partial charge on any atom is -0.283 e. The summed E-state index contributed by atoms with van der Waals surface area (Å²) in [6.45, 7) is 2.24. The fourth-order valence-corrected chi connectivity index (χ4v) is 5.86. The molecule has 3 nitrogen and oxygen atoms in total. The van der Waals surface area contributed by atoms with Crippen molar-refractivity contribution in [3.63, 3.8) is 0 Å². The van der Waals surface area contributed by atoms with Crippen LogP contribution in [0, 0.1) is 17.2 Å². The van der Waals surface area contributed by atoms with E-state index in [0.29, 0.717) is 11.6 Å². The molecule has 0 saturated heterocycles. The monoisotopic (exact) mass is 311 g/mol. The molecule has 0 radical (unpaired) electrons. The van der Waals surface area contributed by atoms with Gasteiger partial charge in [0.05, 0.1) is 5.25 Å². The molecule has 0 aromatic heterocycles. The van der Waals surface area contributed by atoms with Gasteiger partial charge in [-0.1, -0.05) is 19.8 Å². The molecule has 0 amide bonds. The predicted molar refractivity (Wildman–Crippen MR) is 82.0 cm³/mol. The second-order valence-electron chi connectivity index (χ2n) is 6.73. The minimum atomic E-state index is -3.39. The summed E-state index contributed by atoms with van der Waals surface area (Å²) in [5.74, 6) is 0.351. The first-order chi connectivity index (χ1) is 9.91.